The average Bonchev–Trinajstić information content (AvgIpc) is 3.07. The summed E-state index contributed by atoms with van der Waals surface area (Å²) >= 11 is 0. The van der Waals surface area contributed by atoms with Crippen LogP contribution < -0.4 is 0 Å². The molecule has 0 aromatic carbocycles. The van der Waals surface area contributed by atoms with Crippen LogP contribution in [0, 0.1) is 28.6 Å². The lowest BCUT2D eigenvalue weighted by Gasteiger charge is -2.62. The molecule has 0 amide bonds. The first-order chi connectivity index (χ1) is 13.2. The van der Waals surface area contributed by atoms with Gasteiger partial charge in [0, 0.05) is 38.6 Å². The monoisotopic (exact) mass is 396 g/mol. The zero-order chi connectivity index (χ0) is 20.7. The van der Waals surface area contributed by atoms with Gasteiger partial charge in [-0.25, -0.2) is 0 Å². The van der Waals surface area contributed by atoms with Gasteiger partial charge in [0.1, 0.15) is 12.4 Å². The van der Waals surface area contributed by atoms with Crippen LogP contribution in [-0.4, -0.2) is 51.2 Å². The summed E-state index contributed by atoms with van der Waals surface area (Å²) < 4.78 is 23.8. The number of hydrogen-bond acceptors (Lipinski definition) is 5. The zero-order valence-electron chi connectivity index (χ0n) is 18.9. The summed E-state index contributed by atoms with van der Waals surface area (Å²) in [6, 6.07) is 0. The number of methoxy groups -OCH3 is 2. The predicted octanol–water partition coefficient (Wildman–Crippen LogP) is 4.23. The Morgan fingerprint density at radius 3 is 2.39 bits per heavy atom. The maximum atomic E-state index is 13.8. The fourth-order valence-corrected chi connectivity index (χ4v) is 7.21. The van der Waals surface area contributed by atoms with E-state index in [4.69, 9.17) is 18.9 Å². The van der Waals surface area contributed by atoms with E-state index in [1.54, 1.807) is 7.11 Å². The molecule has 0 aliphatic heterocycles. The fraction of sp³-hybridized carbons (Fsp3) is 0.957. The van der Waals surface area contributed by atoms with Crippen molar-refractivity contribution in [2.45, 2.75) is 84.5 Å². The van der Waals surface area contributed by atoms with E-state index >= 15 is 0 Å². The van der Waals surface area contributed by atoms with Crippen LogP contribution in [0.15, 0.2) is 0 Å². The second-order valence-electron chi connectivity index (χ2n) is 9.85. The summed E-state index contributed by atoms with van der Waals surface area (Å²) in [6.45, 7) is 11.6. The summed E-state index contributed by atoms with van der Waals surface area (Å²) in [6.07, 6.45) is 4.90. The Balaban J connectivity index is 2.17. The van der Waals surface area contributed by atoms with Crippen molar-refractivity contribution >= 4 is 5.78 Å². The molecule has 2 bridgehead atoms. The van der Waals surface area contributed by atoms with Gasteiger partial charge in [-0.05, 0) is 56.8 Å². The highest BCUT2D eigenvalue weighted by molar-refractivity contribution is 5.90. The van der Waals surface area contributed by atoms with Gasteiger partial charge in [0.2, 0.25) is 0 Å². The Bertz CT molecular complexity index is 579. The molecule has 3 rings (SSSR count). The van der Waals surface area contributed by atoms with Gasteiger partial charge in [0.05, 0.1) is 12.2 Å². The maximum absolute atomic E-state index is 13.8. The van der Waals surface area contributed by atoms with Gasteiger partial charge in [0.25, 0.3) is 0 Å². The molecule has 5 nitrogen and oxygen atoms in total. The van der Waals surface area contributed by atoms with Crippen LogP contribution in [0.1, 0.15) is 66.7 Å². The Morgan fingerprint density at radius 1 is 1.11 bits per heavy atom. The molecule has 0 N–H and O–H groups in total. The lowest BCUT2D eigenvalue weighted by atomic mass is 9.45. The smallest absolute Gasteiger partial charge is 0.167 e. The lowest BCUT2D eigenvalue weighted by Crippen LogP contribution is -2.64. The molecule has 28 heavy (non-hydrogen) atoms. The highest BCUT2D eigenvalue weighted by atomic mass is 16.7. The number of carbonyl (C=O) groups is 1. The minimum absolute atomic E-state index is 0.0352. The van der Waals surface area contributed by atoms with Crippen LogP contribution >= 0.6 is 0 Å². The van der Waals surface area contributed by atoms with Gasteiger partial charge in [-0.15, -0.1) is 0 Å². The van der Waals surface area contributed by atoms with Crippen LogP contribution in [-0.2, 0) is 23.7 Å². The van der Waals surface area contributed by atoms with E-state index in [1.165, 1.54) is 0 Å². The van der Waals surface area contributed by atoms with E-state index in [0.29, 0.717) is 24.9 Å². The second kappa shape index (κ2) is 7.98. The molecule has 0 aromatic rings. The van der Waals surface area contributed by atoms with E-state index < -0.39 is 5.60 Å². The third kappa shape index (κ3) is 3.08. The Morgan fingerprint density at radius 2 is 1.79 bits per heavy atom. The zero-order valence-corrected chi connectivity index (χ0v) is 18.9. The van der Waals surface area contributed by atoms with Crippen molar-refractivity contribution in [3.05, 3.63) is 0 Å². The van der Waals surface area contributed by atoms with E-state index in [0.717, 1.165) is 25.7 Å². The Labute approximate surface area is 170 Å². The normalized spacial score (nSPS) is 48.8. The van der Waals surface area contributed by atoms with Crippen molar-refractivity contribution in [2.75, 3.05) is 27.6 Å². The molecule has 3 unspecified atom stereocenters. The molecular formula is C23H40O5. The summed E-state index contributed by atoms with van der Waals surface area (Å²) in [7, 11) is 3.48. The molecule has 8 atom stereocenters. The van der Waals surface area contributed by atoms with Crippen molar-refractivity contribution in [2.24, 2.45) is 28.6 Å². The molecule has 5 heteroatoms. The number of hydrogen-bond donors (Lipinski definition) is 0. The third-order valence-corrected chi connectivity index (χ3v) is 8.86. The molecule has 0 aromatic heterocycles. The highest BCUT2D eigenvalue weighted by Gasteiger charge is 2.68. The number of Topliss-reactive ketones (excluding diaryl/α,β-unsaturated/α-hetero) is 1. The van der Waals surface area contributed by atoms with Gasteiger partial charge in [-0.3, -0.25) is 4.79 Å². The molecule has 3 aliphatic rings. The van der Waals surface area contributed by atoms with Crippen molar-refractivity contribution in [3.8, 4) is 0 Å². The lowest BCUT2D eigenvalue weighted by molar-refractivity contribution is -0.230. The summed E-state index contributed by atoms with van der Waals surface area (Å²) in [5, 5.41) is 0. The first-order valence-corrected chi connectivity index (χ1v) is 11.0. The third-order valence-electron chi connectivity index (χ3n) is 8.86. The molecule has 3 aliphatic carbocycles. The molecule has 0 radical (unpaired) electrons. The van der Waals surface area contributed by atoms with E-state index in [2.05, 4.69) is 20.8 Å². The van der Waals surface area contributed by atoms with Crippen LogP contribution in [0.5, 0.6) is 0 Å². The average molecular weight is 397 g/mol. The number of ether oxygens (including phenoxy) is 4. The van der Waals surface area contributed by atoms with Crippen LogP contribution in [0.4, 0.5) is 0 Å². The maximum Gasteiger partial charge on any atom is 0.167 e. The largest absolute Gasteiger partial charge is 0.381 e. The Hall–Kier alpha value is -0.490. The SMILES string of the molecule is CCO[C@]1(C)CC(OCOC)[C@@]2(C)C3[C@H](OC)CCC3(CC[C@H]2C)[C@@H](C)C1=O. The first kappa shape index (κ1) is 22.2. The topological polar surface area (TPSA) is 54.0 Å². The number of ketones is 1. The minimum atomic E-state index is -0.825. The molecule has 0 heterocycles. The minimum Gasteiger partial charge on any atom is -0.381 e. The van der Waals surface area contributed by atoms with Gasteiger partial charge >= 0.3 is 0 Å². The van der Waals surface area contributed by atoms with E-state index in [1.807, 2.05) is 21.0 Å². The Kier molecular flexibility index (Phi) is 6.32. The first-order valence-electron chi connectivity index (χ1n) is 11.0. The van der Waals surface area contributed by atoms with Gasteiger partial charge < -0.3 is 18.9 Å². The molecule has 3 fully saturated rings. The van der Waals surface area contributed by atoms with Gasteiger partial charge in [0.15, 0.2) is 5.78 Å². The standard InChI is InChI=1S/C23H40O5/c1-8-28-21(4)13-18(27-14-25-6)22(5)15(2)9-11-23(16(3)20(21)24)12-10-17(26-7)19(22)23/h15-19H,8-14H2,1-7H3/t15-,16+,17-,18?,19?,21-,22+,23?/m1/s1. The van der Waals surface area contributed by atoms with Crippen molar-refractivity contribution in [3.63, 3.8) is 0 Å². The second-order valence-corrected chi connectivity index (χ2v) is 9.85. The molecule has 0 saturated heterocycles. The quantitative estimate of drug-likeness (QED) is 0.629. The van der Waals surface area contributed by atoms with E-state index in [-0.39, 0.29) is 41.5 Å². The van der Waals surface area contributed by atoms with Gasteiger partial charge in [-0.2, -0.15) is 0 Å². The summed E-state index contributed by atoms with van der Waals surface area (Å²) in [5.74, 6) is 0.985. The number of rotatable bonds is 6. The summed E-state index contributed by atoms with van der Waals surface area (Å²) in [4.78, 5) is 13.8. The molecule has 162 valence electrons. The highest BCUT2D eigenvalue weighted by Crippen LogP contribution is 2.68. The van der Waals surface area contributed by atoms with Crippen molar-refractivity contribution in [1.29, 1.82) is 0 Å². The molecule has 3 saturated carbocycles. The predicted molar refractivity (Wildman–Crippen MR) is 108 cm³/mol. The van der Waals surface area contributed by atoms with Crippen molar-refractivity contribution < 1.29 is 23.7 Å². The van der Waals surface area contributed by atoms with Crippen LogP contribution in [0.25, 0.3) is 0 Å². The van der Waals surface area contributed by atoms with Gasteiger partial charge in [-0.1, -0.05) is 20.8 Å². The van der Waals surface area contributed by atoms with Crippen molar-refractivity contribution in [1.82, 2.24) is 0 Å². The molecular weight excluding hydrogens is 356 g/mol. The number of carbonyl (C=O) groups excluding carboxylic acids is 1. The van der Waals surface area contributed by atoms with Crippen LogP contribution in [0.3, 0.4) is 0 Å². The van der Waals surface area contributed by atoms with Crippen LogP contribution in [0.2, 0.25) is 0 Å². The van der Waals surface area contributed by atoms with E-state index in [9.17, 15) is 4.79 Å². The fourth-order valence-electron chi connectivity index (χ4n) is 7.21. The molecule has 0 spiro atoms. The summed E-state index contributed by atoms with van der Waals surface area (Å²) in [5.41, 5.74) is -0.957.